The summed E-state index contributed by atoms with van der Waals surface area (Å²) in [5, 5.41) is 13.2. The molecule has 1 saturated heterocycles. The summed E-state index contributed by atoms with van der Waals surface area (Å²) in [5.74, 6) is -1.34. The molecular formula is C12H11N3O5. The third kappa shape index (κ3) is 2.63. The number of carbonyl (C=O) groups excluding carboxylic acids is 3. The molecule has 20 heavy (non-hydrogen) atoms. The molecule has 0 bridgehead atoms. The minimum Gasteiger partial charge on any atom is -0.347 e. The van der Waals surface area contributed by atoms with E-state index in [0.29, 0.717) is 0 Å². The summed E-state index contributed by atoms with van der Waals surface area (Å²) < 4.78 is 0. The summed E-state index contributed by atoms with van der Waals surface area (Å²) >= 11 is 0. The first-order valence-corrected chi connectivity index (χ1v) is 5.75. The molecule has 0 aliphatic carbocycles. The number of Topliss-reactive ketones (excluding diaryl/α,β-unsaturated/α-hetero) is 1. The number of hydrogen-bond donors (Lipinski definition) is 1. The maximum absolute atomic E-state index is 11.3. The van der Waals surface area contributed by atoms with Crippen LogP contribution in [0.25, 0.3) is 0 Å². The largest absolute Gasteiger partial charge is 0.347 e. The van der Waals surface area contributed by atoms with Gasteiger partial charge in [0.15, 0.2) is 5.78 Å². The number of rotatable bonds is 3. The monoisotopic (exact) mass is 277 g/mol. The third-order valence-electron chi connectivity index (χ3n) is 2.87. The molecule has 1 aromatic rings. The Kier molecular flexibility index (Phi) is 3.47. The number of nitrogens with one attached hydrogen (secondary N) is 1. The number of imide groups is 1. The van der Waals surface area contributed by atoms with Gasteiger partial charge in [-0.3, -0.25) is 29.8 Å². The van der Waals surface area contributed by atoms with Crippen molar-refractivity contribution in [2.75, 3.05) is 18.0 Å². The zero-order chi connectivity index (χ0) is 14.9. The van der Waals surface area contributed by atoms with Gasteiger partial charge in [0.1, 0.15) is 5.69 Å². The molecule has 0 spiro atoms. The Hall–Kier alpha value is -2.77. The van der Waals surface area contributed by atoms with Crippen molar-refractivity contribution in [1.29, 1.82) is 0 Å². The zero-order valence-corrected chi connectivity index (χ0v) is 10.6. The highest BCUT2D eigenvalue weighted by Gasteiger charge is 2.28. The van der Waals surface area contributed by atoms with Crippen LogP contribution in [0.1, 0.15) is 17.3 Å². The van der Waals surface area contributed by atoms with Gasteiger partial charge in [-0.05, 0) is 19.1 Å². The molecule has 2 rings (SSSR count). The van der Waals surface area contributed by atoms with Gasteiger partial charge in [0, 0.05) is 11.6 Å². The van der Waals surface area contributed by atoms with Gasteiger partial charge in [0.2, 0.25) is 11.8 Å². The van der Waals surface area contributed by atoms with Crippen molar-refractivity contribution in [3.05, 3.63) is 33.9 Å². The molecule has 104 valence electrons. The molecule has 1 N–H and O–H groups in total. The molecule has 1 aliphatic rings. The van der Waals surface area contributed by atoms with Gasteiger partial charge in [-0.15, -0.1) is 0 Å². The predicted molar refractivity (Wildman–Crippen MR) is 68.5 cm³/mol. The second kappa shape index (κ2) is 5.08. The van der Waals surface area contributed by atoms with Gasteiger partial charge >= 0.3 is 0 Å². The molecule has 2 amide bonds. The van der Waals surface area contributed by atoms with Crippen molar-refractivity contribution in [2.45, 2.75) is 6.92 Å². The number of amides is 2. The number of carbonyl (C=O) groups is 3. The molecule has 0 saturated carbocycles. The van der Waals surface area contributed by atoms with E-state index in [0.717, 1.165) is 6.07 Å². The first-order chi connectivity index (χ1) is 9.38. The average Bonchev–Trinajstić information content (AvgIpc) is 2.36. The highest BCUT2D eigenvalue weighted by atomic mass is 16.6. The molecule has 0 radical (unpaired) electrons. The third-order valence-corrected chi connectivity index (χ3v) is 2.87. The minimum absolute atomic E-state index is 0.142. The number of benzene rings is 1. The van der Waals surface area contributed by atoms with Crippen molar-refractivity contribution in [2.24, 2.45) is 0 Å². The van der Waals surface area contributed by atoms with Crippen LogP contribution in [0.15, 0.2) is 18.2 Å². The average molecular weight is 277 g/mol. The first kappa shape index (κ1) is 13.7. The van der Waals surface area contributed by atoms with E-state index >= 15 is 0 Å². The molecule has 1 aliphatic heterocycles. The van der Waals surface area contributed by atoms with E-state index in [9.17, 15) is 24.5 Å². The van der Waals surface area contributed by atoms with Crippen molar-refractivity contribution >= 4 is 29.0 Å². The van der Waals surface area contributed by atoms with E-state index in [-0.39, 0.29) is 35.8 Å². The number of piperazine rings is 1. The second-order valence-electron chi connectivity index (χ2n) is 4.34. The van der Waals surface area contributed by atoms with Crippen LogP contribution in [-0.2, 0) is 9.59 Å². The SMILES string of the molecule is CC(=O)c1ccc(N2CC(=O)NC(=O)C2)c([N+](=O)[O-])c1. The number of nitro benzene ring substituents is 1. The van der Waals surface area contributed by atoms with Crippen LogP contribution < -0.4 is 10.2 Å². The topological polar surface area (TPSA) is 110 Å². The summed E-state index contributed by atoms with van der Waals surface area (Å²) in [4.78, 5) is 45.6. The van der Waals surface area contributed by atoms with E-state index in [2.05, 4.69) is 5.32 Å². The Bertz CT molecular complexity index is 610. The number of anilines is 1. The molecule has 1 heterocycles. The van der Waals surface area contributed by atoms with Crippen LogP contribution in [0.5, 0.6) is 0 Å². The van der Waals surface area contributed by atoms with Crippen molar-refractivity contribution in [1.82, 2.24) is 5.32 Å². The second-order valence-corrected chi connectivity index (χ2v) is 4.34. The summed E-state index contributed by atoms with van der Waals surface area (Å²) in [6.07, 6.45) is 0. The molecule has 0 aromatic heterocycles. The van der Waals surface area contributed by atoms with Crippen LogP contribution in [0.4, 0.5) is 11.4 Å². The molecule has 1 aromatic carbocycles. The lowest BCUT2D eigenvalue weighted by Gasteiger charge is -2.27. The minimum atomic E-state index is -0.640. The van der Waals surface area contributed by atoms with E-state index in [4.69, 9.17) is 0 Å². The van der Waals surface area contributed by atoms with Crippen LogP contribution >= 0.6 is 0 Å². The molecule has 8 nitrogen and oxygen atoms in total. The summed E-state index contributed by atoms with van der Waals surface area (Å²) in [5.41, 5.74) is 0.0386. The smallest absolute Gasteiger partial charge is 0.293 e. The summed E-state index contributed by atoms with van der Waals surface area (Å²) in [6.45, 7) is 1.01. The van der Waals surface area contributed by atoms with Gasteiger partial charge in [0.25, 0.3) is 5.69 Å². The maximum atomic E-state index is 11.3. The Morgan fingerprint density at radius 1 is 1.30 bits per heavy atom. The van der Waals surface area contributed by atoms with Crippen molar-refractivity contribution in [3.63, 3.8) is 0 Å². The normalized spacial score (nSPS) is 14.9. The first-order valence-electron chi connectivity index (χ1n) is 5.75. The number of ketones is 1. The van der Waals surface area contributed by atoms with Gasteiger partial charge in [-0.1, -0.05) is 0 Å². The summed E-state index contributed by atoms with van der Waals surface area (Å²) in [6, 6.07) is 3.96. The van der Waals surface area contributed by atoms with Gasteiger partial charge < -0.3 is 4.90 Å². The van der Waals surface area contributed by atoms with E-state index in [1.54, 1.807) is 0 Å². The van der Waals surface area contributed by atoms with Crippen LogP contribution in [0.2, 0.25) is 0 Å². The maximum Gasteiger partial charge on any atom is 0.293 e. The molecule has 0 unspecified atom stereocenters. The Morgan fingerprint density at radius 2 is 1.90 bits per heavy atom. The van der Waals surface area contributed by atoms with Crippen LogP contribution in [0.3, 0.4) is 0 Å². The Labute approximate surface area is 113 Å². The van der Waals surface area contributed by atoms with Crippen LogP contribution in [-0.4, -0.2) is 35.6 Å². The lowest BCUT2D eigenvalue weighted by Crippen LogP contribution is -2.51. The standard InChI is InChI=1S/C12H11N3O5/c1-7(16)8-2-3-9(10(4-8)15(19)20)14-5-11(17)13-12(18)6-14/h2-4H,5-6H2,1H3,(H,13,17,18). The fraction of sp³-hybridized carbons (Fsp3) is 0.250. The lowest BCUT2D eigenvalue weighted by atomic mass is 10.1. The highest BCUT2D eigenvalue weighted by Crippen LogP contribution is 2.29. The molecule has 1 fully saturated rings. The van der Waals surface area contributed by atoms with Gasteiger partial charge in [-0.2, -0.15) is 0 Å². The van der Waals surface area contributed by atoms with Crippen molar-refractivity contribution < 1.29 is 19.3 Å². The van der Waals surface area contributed by atoms with E-state index < -0.39 is 16.7 Å². The van der Waals surface area contributed by atoms with E-state index in [1.807, 2.05) is 0 Å². The van der Waals surface area contributed by atoms with Gasteiger partial charge in [-0.25, -0.2) is 0 Å². The van der Waals surface area contributed by atoms with Crippen LogP contribution in [0, 0.1) is 10.1 Å². The quantitative estimate of drug-likeness (QED) is 0.367. The molecule has 8 heteroatoms. The predicted octanol–water partition coefficient (Wildman–Crippen LogP) is 0.260. The Morgan fingerprint density at radius 3 is 2.40 bits per heavy atom. The molecular weight excluding hydrogens is 266 g/mol. The number of nitrogens with zero attached hydrogens (tertiary/aromatic N) is 2. The van der Waals surface area contributed by atoms with Gasteiger partial charge in [0.05, 0.1) is 18.0 Å². The zero-order valence-electron chi connectivity index (χ0n) is 10.6. The van der Waals surface area contributed by atoms with Crippen molar-refractivity contribution in [3.8, 4) is 0 Å². The number of nitro groups is 1. The van der Waals surface area contributed by atoms with E-state index in [1.165, 1.54) is 24.0 Å². The lowest BCUT2D eigenvalue weighted by molar-refractivity contribution is -0.384. The Balaban J connectivity index is 2.45. The number of hydrogen-bond acceptors (Lipinski definition) is 6. The fourth-order valence-corrected chi connectivity index (χ4v) is 1.96. The fourth-order valence-electron chi connectivity index (χ4n) is 1.96. The summed E-state index contributed by atoms with van der Waals surface area (Å²) in [7, 11) is 0. The molecule has 0 atom stereocenters. The highest BCUT2D eigenvalue weighted by molar-refractivity contribution is 6.03.